The molecule has 0 saturated heterocycles. The van der Waals surface area contributed by atoms with E-state index in [0.29, 0.717) is 10.5 Å². The zero-order chi connectivity index (χ0) is 54.8. The number of aromatic carboxylic acids is 1. The van der Waals surface area contributed by atoms with Gasteiger partial charge in [0.25, 0.3) is 0 Å². The Balaban J connectivity index is 0.000000191. The van der Waals surface area contributed by atoms with Crippen LogP contribution >= 0.6 is 0 Å². The summed E-state index contributed by atoms with van der Waals surface area (Å²) in [6.07, 6.45) is -4.33. The molecule has 0 atom stereocenters. The molecule has 8 aromatic carbocycles. The van der Waals surface area contributed by atoms with E-state index in [1.54, 1.807) is 18.2 Å². The number of para-hydroxylation sites is 1. The highest BCUT2D eigenvalue weighted by atomic mass is 32.2. The van der Waals surface area contributed by atoms with Gasteiger partial charge in [0.1, 0.15) is 6.61 Å². The van der Waals surface area contributed by atoms with Gasteiger partial charge in [0.05, 0.1) is 54.4 Å². The molecule has 0 heterocycles. The average Bonchev–Trinajstić information content (AvgIpc) is 3.38. The highest BCUT2D eigenvalue weighted by molar-refractivity contribution is 7.97. The van der Waals surface area contributed by atoms with Crippen molar-refractivity contribution >= 4 is 43.8 Å². The first kappa shape index (κ1) is 58.8. The van der Waals surface area contributed by atoms with E-state index in [4.69, 9.17) is 9.84 Å². The Morgan fingerprint density at radius 2 is 0.840 bits per heavy atom. The average molecular weight is 1070 g/mol. The van der Waals surface area contributed by atoms with E-state index in [0.717, 1.165) is 27.0 Å². The van der Waals surface area contributed by atoms with Crippen LogP contribution in [0, 0.1) is 0 Å². The minimum Gasteiger partial charge on any atom is -0.872 e. The molecule has 0 radical (unpaired) electrons. The van der Waals surface area contributed by atoms with E-state index in [1.165, 1.54) is 51.1 Å². The lowest BCUT2D eigenvalue weighted by Gasteiger charge is -2.25. The number of halogens is 3. The van der Waals surface area contributed by atoms with Gasteiger partial charge in [-0.3, -0.25) is 0 Å². The molecule has 1 N–H and O–H groups in total. The molecule has 14 heteroatoms. The highest BCUT2D eigenvalue weighted by Gasteiger charge is 2.35. The van der Waals surface area contributed by atoms with Crippen LogP contribution in [-0.4, -0.2) is 42.4 Å². The molecule has 0 aliphatic rings. The summed E-state index contributed by atoms with van der Waals surface area (Å²) in [4.78, 5) is 29.1. The van der Waals surface area contributed by atoms with Crippen molar-refractivity contribution in [3.05, 3.63) is 246 Å². The maximum atomic E-state index is 13.0. The topological polar surface area (TPSA) is 144 Å². The van der Waals surface area contributed by atoms with Gasteiger partial charge < -0.3 is 19.5 Å². The number of carbonyl (C=O) groups is 2. The molecular formula is C61H59F3O8S3. The molecule has 8 nitrogen and oxygen atoms in total. The SMILES string of the molecule is CC(C)(C)c1cc(C(=O)OCCS(=O)(=O)[O-])cc(C(C)(C)C)c1.FC(F)(F)c1cccc([S+](c2ccccc2)c2ccccc2)c1.O=C(O)c1ccccc1[O-].c1ccc([S+](c2ccccc2)c2ccccc2)cc1. The second-order valence-corrected chi connectivity index (χ2v) is 24.3. The Kier molecular flexibility index (Phi) is 21.1. The first-order chi connectivity index (χ1) is 35.4. The van der Waals surface area contributed by atoms with Gasteiger partial charge in [0.15, 0.2) is 29.4 Å². The number of hydrogen-bond donors (Lipinski definition) is 1. The normalized spacial score (nSPS) is 11.5. The van der Waals surface area contributed by atoms with E-state index in [9.17, 15) is 40.8 Å². The van der Waals surface area contributed by atoms with E-state index in [-0.39, 0.29) is 27.3 Å². The Bertz CT molecular complexity index is 3000. The van der Waals surface area contributed by atoms with Crippen molar-refractivity contribution in [2.24, 2.45) is 0 Å². The molecule has 0 aliphatic carbocycles. The Morgan fingerprint density at radius 3 is 1.16 bits per heavy atom. The largest absolute Gasteiger partial charge is 0.872 e. The van der Waals surface area contributed by atoms with Crippen molar-refractivity contribution in [3.8, 4) is 5.75 Å². The van der Waals surface area contributed by atoms with Crippen LogP contribution < -0.4 is 5.11 Å². The molecule has 0 saturated carbocycles. The fraction of sp³-hybridized carbons (Fsp3) is 0.180. The first-order valence-corrected chi connectivity index (χ1v) is 27.6. The lowest BCUT2D eigenvalue weighted by Crippen LogP contribution is -2.19. The van der Waals surface area contributed by atoms with Crippen LogP contribution in [0.25, 0.3) is 0 Å². The molecule has 0 spiro atoms. The van der Waals surface area contributed by atoms with Crippen molar-refractivity contribution in [1.82, 2.24) is 0 Å². The van der Waals surface area contributed by atoms with E-state index in [2.05, 4.69) is 97.1 Å². The second kappa shape index (κ2) is 26.9. The number of rotatable bonds is 11. The summed E-state index contributed by atoms with van der Waals surface area (Å²) in [5.74, 6) is -2.96. The number of alkyl halides is 3. The summed E-state index contributed by atoms with van der Waals surface area (Å²) in [5.41, 5.74) is 1.28. The quantitative estimate of drug-likeness (QED) is 0.0766. The maximum absolute atomic E-state index is 13.0. The standard InChI is InChI=1S/C19H14F3S.C18H15S.C17H26O5S.C7H6O3/c20-19(21,22)15-8-7-13-18(14-15)23(16-9-3-1-4-10-16)17-11-5-2-6-12-17;1-4-10-16(11-5-1)19(17-12-6-2-7-13-17)18-14-8-3-9-15-18;1-16(2,3)13-9-12(10-14(11-13)17(4,5)6)15(18)22-7-8-23(19,20)21;8-6-4-2-1-3-5(6)7(9)10/h1-14H;1-15H;9-11H,7-8H2,1-6H3,(H,19,20,21);1-4,8H,(H,9,10)/q2*+1;;/p-2. The Morgan fingerprint density at radius 1 is 0.493 bits per heavy atom. The summed E-state index contributed by atoms with van der Waals surface area (Å²) < 4.78 is 75.8. The fourth-order valence-corrected chi connectivity index (χ4v) is 11.5. The number of carboxylic acids is 1. The van der Waals surface area contributed by atoms with Crippen LogP contribution in [-0.2, 0) is 53.7 Å². The first-order valence-electron chi connectivity index (χ1n) is 23.6. The predicted molar refractivity (Wildman–Crippen MR) is 290 cm³/mol. The lowest BCUT2D eigenvalue weighted by atomic mass is 9.79. The number of carboxylic acid groups (broad SMARTS) is 1. The van der Waals surface area contributed by atoms with Gasteiger partial charge in [0.2, 0.25) is 0 Å². The molecule has 75 heavy (non-hydrogen) atoms. The van der Waals surface area contributed by atoms with Gasteiger partial charge in [-0.15, -0.1) is 0 Å². The van der Waals surface area contributed by atoms with E-state index >= 15 is 0 Å². The van der Waals surface area contributed by atoms with Crippen LogP contribution in [0.2, 0.25) is 0 Å². The molecule has 0 fully saturated rings. The van der Waals surface area contributed by atoms with Crippen molar-refractivity contribution in [1.29, 1.82) is 0 Å². The van der Waals surface area contributed by atoms with Crippen molar-refractivity contribution < 1.29 is 50.7 Å². The van der Waals surface area contributed by atoms with Gasteiger partial charge in [-0.1, -0.05) is 169 Å². The van der Waals surface area contributed by atoms with Gasteiger partial charge in [-0.05, 0) is 113 Å². The highest BCUT2D eigenvalue weighted by Crippen LogP contribution is 2.36. The summed E-state index contributed by atoms with van der Waals surface area (Å²) in [6.45, 7) is 11.9. The molecule has 0 amide bonds. The molecule has 0 bridgehead atoms. The minimum absolute atomic E-state index is 0.0146. The van der Waals surface area contributed by atoms with Crippen LogP contribution in [0.3, 0.4) is 0 Å². The maximum Gasteiger partial charge on any atom is 0.416 e. The summed E-state index contributed by atoms with van der Waals surface area (Å²) >= 11 is 0. The van der Waals surface area contributed by atoms with Gasteiger partial charge in [0, 0.05) is 6.07 Å². The zero-order valence-corrected chi connectivity index (χ0v) is 44.8. The third-order valence-corrected chi connectivity index (χ3v) is 16.0. The molecule has 8 aromatic rings. The van der Waals surface area contributed by atoms with E-state index < -0.39 is 62.8 Å². The predicted octanol–water partition coefficient (Wildman–Crippen LogP) is 14.0. The lowest BCUT2D eigenvalue weighted by molar-refractivity contribution is -0.268. The Hall–Kier alpha value is -7.10. The van der Waals surface area contributed by atoms with E-state index in [1.807, 2.05) is 102 Å². The van der Waals surface area contributed by atoms with Gasteiger partial charge in [-0.25, -0.2) is 18.0 Å². The molecule has 390 valence electrons. The van der Waals surface area contributed by atoms with Crippen LogP contribution in [0.5, 0.6) is 5.75 Å². The number of hydrogen-bond acceptors (Lipinski definition) is 7. The van der Waals surface area contributed by atoms with Crippen molar-refractivity contribution in [2.75, 3.05) is 12.4 Å². The number of carbonyl (C=O) groups excluding carboxylic acids is 1. The molecule has 0 aliphatic heterocycles. The monoisotopic (exact) mass is 1070 g/mol. The third kappa shape index (κ3) is 18.7. The molecule has 0 aromatic heterocycles. The molecule has 0 unspecified atom stereocenters. The number of ether oxygens (including phenoxy) is 1. The zero-order valence-electron chi connectivity index (χ0n) is 42.4. The van der Waals surface area contributed by atoms with Gasteiger partial charge in [-0.2, -0.15) is 13.2 Å². The van der Waals surface area contributed by atoms with Gasteiger partial charge >= 0.3 is 18.1 Å². The smallest absolute Gasteiger partial charge is 0.416 e. The number of esters is 1. The Labute approximate surface area is 444 Å². The summed E-state index contributed by atoms with van der Waals surface area (Å²) in [5, 5.41) is 19.0. The van der Waals surface area contributed by atoms with Crippen LogP contribution in [0.1, 0.15) is 78.9 Å². The molecular weight excluding hydrogens is 1010 g/mol. The second-order valence-electron chi connectivity index (χ2n) is 18.7. The fourth-order valence-electron chi connectivity index (χ4n) is 6.97. The van der Waals surface area contributed by atoms with Crippen LogP contribution in [0.4, 0.5) is 13.2 Å². The van der Waals surface area contributed by atoms with Crippen molar-refractivity contribution in [2.45, 2.75) is 87.9 Å². The summed E-state index contributed by atoms with van der Waals surface area (Å²) in [7, 11) is -4.97. The van der Waals surface area contributed by atoms with Crippen molar-refractivity contribution in [3.63, 3.8) is 0 Å². The van der Waals surface area contributed by atoms with Crippen LogP contribution in [0.15, 0.2) is 248 Å². The third-order valence-electron chi connectivity index (χ3n) is 10.9. The molecule has 8 rings (SSSR count). The summed E-state index contributed by atoms with van der Waals surface area (Å²) in [6, 6.07) is 68.1. The minimum atomic E-state index is -4.39. The number of benzene rings is 8.